The van der Waals surface area contributed by atoms with Gasteiger partial charge in [-0.15, -0.1) is 0 Å². The van der Waals surface area contributed by atoms with Crippen LogP contribution in [0, 0.1) is 5.92 Å². The van der Waals surface area contributed by atoms with E-state index in [4.69, 9.17) is 0 Å². The fraction of sp³-hybridized carbons (Fsp3) is 0.765. The molecule has 0 amide bonds. The lowest BCUT2D eigenvalue weighted by molar-refractivity contribution is 0.166. The first-order valence-electron chi connectivity index (χ1n) is 8.48. The first-order valence-corrected chi connectivity index (χ1v) is 8.48. The standard InChI is InChI=1S/C17H30N4/c1-4-9-18-17-11-19-15(10-20-17)13-21(12-14(2)3)16-7-5-6-8-16/h10-11,14,16H,4-9,12-13H2,1-3H3,(H,18,20). The van der Waals surface area contributed by atoms with Crippen LogP contribution in [0.15, 0.2) is 12.4 Å². The van der Waals surface area contributed by atoms with Crippen molar-refractivity contribution in [3.05, 3.63) is 18.1 Å². The number of nitrogens with zero attached hydrogens (tertiary/aromatic N) is 3. The van der Waals surface area contributed by atoms with Crippen LogP contribution >= 0.6 is 0 Å². The Hall–Kier alpha value is -1.16. The van der Waals surface area contributed by atoms with E-state index in [9.17, 15) is 0 Å². The molecular formula is C17H30N4. The Kier molecular flexibility index (Phi) is 6.43. The Labute approximate surface area is 129 Å². The smallest absolute Gasteiger partial charge is 0.144 e. The summed E-state index contributed by atoms with van der Waals surface area (Å²) >= 11 is 0. The van der Waals surface area contributed by atoms with Crippen LogP contribution < -0.4 is 5.32 Å². The van der Waals surface area contributed by atoms with Gasteiger partial charge in [-0.25, -0.2) is 4.98 Å². The SMILES string of the molecule is CCCNc1cnc(CN(CC(C)C)C2CCCC2)cn1. The largest absolute Gasteiger partial charge is 0.369 e. The third-order valence-electron chi connectivity index (χ3n) is 4.07. The molecule has 1 aromatic rings. The van der Waals surface area contributed by atoms with Crippen molar-refractivity contribution >= 4 is 5.82 Å². The summed E-state index contributed by atoms with van der Waals surface area (Å²) < 4.78 is 0. The van der Waals surface area contributed by atoms with Crippen molar-refractivity contribution in [1.82, 2.24) is 14.9 Å². The summed E-state index contributed by atoms with van der Waals surface area (Å²) in [5.74, 6) is 1.58. The molecule has 0 spiro atoms. The molecule has 2 rings (SSSR count). The molecule has 0 bridgehead atoms. The van der Waals surface area contributed by atoms with Gasteiger partial charge in [-0.3, -0.25) is 9.88 Å². The molecule has 0 unspecified atom stereocenters. The highest BCUT2D eigenvalue weighted by molar-refractivity contribution is 5.30. The van der Waals surface area contributed by atoms with Crippen molar-refractivity contribution in [2.75, 3.05) is 18.4 Å². The average Bonchev–Trinajstić information content (AvgIpc) is 2.99. The summed E-state index contributed by atoms with van der Waals surface area (Å²) in [5, 5.41) is 3.27. The summed E-state index contributed by atoms with van der Waals surface area (Å²) in [4.78, 5) is 11.7. The van der Waals surface area contributed by atoms with Crippen LogP contribution in [0.3, 0.4) is 0 Å². The fourth-order valence-corrected chi connectivity index (χ4v) is 3.07. The predicted octanol–water partition coefficient (Wildman–Crippen LogP) is 3.70. The molecular weight excluding hydrogens is 260 g/mol. The van der Waals surface area contributed by atoms with E-state index in [-0.39, 0.29) is 0 Å². The molecule has 0 aliphatic heterocycles. The third kappa shape index (κ3) is 5.27. The zero-order valence-electron chi connectivity index (χ0n) is 13.8. The minimum Gasteiger partial charge on any atom is -0.369 e. The second kappa shape index (κ2) is 8.32. The summed E-state index contributed by atoms with van der Waals surface area (Å²) in [6.07, 6.45) is 10.4. The zero-order chi connectivity index (χ0) is 15.1. The zero-order valence-corrected chi connectivity index (χ0v) is 13.8. The first-order chi connectivity index (χ1) is 10.2. The normalized spacial score (nSPS) is 16.0. The molecule has 21 heavy (non-hydrogen) atoms. The first kappa shape index (κ1) is 16.2. The molecule has 4 nitrogen and oxygen atoms in total. The molecule has 1 heterocycles. The maximum Gasteiger partial charge on any atom is 0.144 e. The Balaban J connectivity index is 1.95. The van der Waals surface area contributed by atoms with Gasteiger partial charge in [-0.05, 0) is 25.2 Å². The lowest BCUT2D eigenvalue weighted by atomic mass is 10.1. The Morgan fingerprint density at radius 1 is 1.24 bits per heavy atom. The van der Waals surface area contributed by atoms with Gasteiger partial charge in [-0.2, -0.15) is 0 Å². The van der Waals surface area contributed by atoms with Gasteiger partial charge >= 0.3 is 0 Å². The number of hydrogen-bond donors (Lipinski definition) is 1. The summed E-state index contributed by atoms with van der Waals surface area (Å²) in [6.45, 7) is 9.79. The molecule has 118 valence electrons. The van der Waals surface area contributed by atoms with Gasteiger partial charge in [-0.1, -0.05) is 33.6 Å². The van der Waals surface area contributed by atoms with E-state index in [2.05, 4.69) is 41.0 Å². The maximum absolute atomic E-state index is 4.58. The lowest BCUT2D eigenvalue weighted by Crippen LogP contribution is -2.36. The van der Waals surface area contributed by atoms with E-state index in [1.807, 2.05) is 12.4 Å². The summed E-state index contributed by atoms with van der Waals surface area (Å²) in [5.41, 5.74) is 1.09. The van der Waals surface area contributed by atoms with Gasteiger partial charge in [0.15, 0.2) is 0 Å². The minimum absolute atomic E-state index is 0.698. The van der Waals surface area contributed by atoms with Gasteiger partial charge in [0, 0.05) is 25.7 Å². The number of nitrogens with one attached hydrogen (secondary N) is 1. The van der Waals surface area contributed by atoms with Crippen molar-refractivity contribution in [3.63, 3.8) is 0 Å². The Morgan fingerprint density at radius 3 is 2.57 bits per heavy atom. The van der Waals surface area contributed by atoms with Gasteiger partial charge in [0.05, 0.1) is 18.1 Å². The highest BCUT2D eigenvalue weighted by Crippen LogP contribution is 2.25. The van der Waals surface area contributed by atoms with Gasteiger partial charge in [0.2, 0.25) is 0 Å². The van der Waals surface area contributed by atoms with Crippen molar-refractivity contribution in [3.8, 4) is 0 Å². The van der Waals surface area contributed by atoms with Crippen LogP contribution in [0.2, 0.25) is 0 Å². The van der Waals surface area contributed by atoms with E-state index in [1.54, 1.807) is 0 Å². The molecule has 1 N–H and O–H groups in total. The maximum atomic E-state index is 4.58. The second-order valence-corrected chi connectivity index (χ2v) is 6.58. The topological polar surface area (TPSA) is 41.1 Å². The molecule has 1 fully saturated rings. The number of hydrogen-bond acceptors (Lipinski definition) is 4. The van der Waals surface area contributed by atoms with E-state index >= 15 is 0 Å². The molecule has 1 aliphatic carbocycles. The van der Waals surface area contributed by atoms with Gasteiger partial charge < -0.3 is 5.32 Å². The number of aromatic nitrogens is 2. The second-order valence-electron chi connectivity index (χ2n) is 6.58. The highest BCUT2D eigenvalue weighted by atomic mass is 15.2. The number of rotatable bonds is 8. The lowest BCUT2D eigenvalue weighted by Gasteiger charge is -2.30. The minimum atomic E-state index is 0.698. The fourth-order valence-electron chi connectivity index (χ4n) is 3.07. The monoisotopic (exact) mass is 290 g/mol. The van der Waals surface area contributed by atoms with Crippen molar-refractivity contribution in [2.45, 2.75) is 65.5 Å². The van der Waals surface area contributed by atoms with Crippen LogP contribution in [0.1, 0.15) is 58.6 Å². The van der Waals surface area contributed by atoms with Gasteiger partial charge in [0.1, 0.15) is 5.82 Å². The molecule has 0 saturated heterocycles. The summed E-state index contributed by atoms with van der Waals surface area (Å²) in [7, 11) is 0. The van der Waals surface area contributed by atoms with Crippen molar-refractivity contribution < 1.29 is 0 Å². The molecule has 0 aromatic carbocycles. The summed E-state index contributed by atoms with van der Waals surface area (Å²) in [6, 6.07) is 0.743. The van der Waals surface area contributed by atoms with Gasteiger partial charge in [0.25, 0.3) is 0 Å². The molecule has 0 atom stereocenters. The van der Waals surface area contributed by atoms with Crippen LogP contribution in [-0.4, -0.2) is 34.0 Å². The quantitative estimate of drug-likeness (QED) is 0.792. The van der Waals surface area contributed by atoms with Crippen LogP contribution in [0.4, 0.5) is 5.82 Å². The van der Waals surface area contributed by atoms with Crippen LogP contribution in [0.25, 0.3) is 0 Å². The third-order valence-corrected chi connectivity index (χ3v) is 4.07. The van der Waals surface area contributed by atoms with Crippen molar-refractivity contribution in [2.24, 2.45) is 5.92 Å². The molecule has 1 aromatic heterocycles. The van der Waals surface area contributed by atoms with Crippen LogP contribution in [0.5, 0.6) is 0 Å². The predicted molar refractivity (Wildman–Crippen MR) is 88.3 cm³/mol. The Morgan fingerprint density at radius 2 is 2.00 bits per heavy atom. The molecule has 0 radical (unpaired) electrons. The van der Waals surface area contributed by atoms with E-state index in [0.717, 1.165) is 43.6 Å². The van der Waals surface area contributed by atoms with Crippen LogP contribution in [-0.2, 0) is 6.54 Å². The molecule has 4 heteroatoms. The number of anilines is 1. The molecule has 1 aliphatic rings. The highest BCUT2D eigenvalue weighted by Gasteiger charge is 2.23. The Bertz CT molecular complexity index is 396. The average molecular weight is 290 g/mol. The molecule has 1 saturated carbocycles. The van der Waals surface area contributed by atoms with Crippen molar-refractivity contribution in [1.29, 1.82) is 0 Å². The van der Waals surface area contributed by atoms with E-state index < -0.39 is 0 Å². The van der Waals surface area contributed by atoms with E-state index in [1.165, 1.54) is 25.7 Å². The van der Waals surface area contributed by atoms with E-state index in [0.29, 0.717) is 5.92 Å².